The van der Waals surface area contributed by atoms with Gasteiger partial charge in [0.1, 0.15) is 17.1 Å². The maximum absolute atomic E-state index is 14.3. The van der Waals surface area contributed by atoms with Gasteiger partial charge in [0, 0.05) is 17.5 Å². The van der Waals surface area contributed by atoms with Crippen molar-refractivity contribution in [2.24, 2.45) is 11.8 Å². The Bertz CT molecular complexity index is 1460. The van der Waals surface area contributed by atoms with E-state index in [9.17, 15) is 19.8 Å². The van der Waals surface area contributed by atoms with Crippen molar-refractivity contribution >= 4 is 17.4 Å². The van der Waals surface area contributed by atoms with Gasteiger partial charge in [-0.25, -0.2) is 0 Å². The number of fused-ring (bicyclic) bond motifs is 5. The van der Waals surface area contributed by atoms with E-state index in [-0.39, 0.29) is 24.1 Å². The zero-order valence-corrected chi connectivity index (χ0v) is 20.9. The van der Waals surface area contributed by atoms with Crippen LogP contribution >= 0.6 is 0 Å². The van der Waals surface area contributed by atoms with E-state index in [1.54, 1.807) is 18.2 Å². The summed E-state index contributed by atoms with van der Waals surface area (Å²) in [6, 6.07) is 24.1. The van der Waals surface area contributed by atoms with Crippen molar-refractivity contribution in [2.75, 3.05) is 0 Å². The molecule has 2 amide bonds. The van der Waals surface area contributed by atoms with E-state index >= 15 is 0 Å². The van der Waals surface area contributed by atoms with Crippen molar-refractivity contribution in [2.45, 2.75) is 49.9 Å². The van der Waals surface area contributed by atoms with E-state index in [0.717, 1.165) is 29.5 Å². The predicted octanol–water partition coefficient (Wildman–Crippen LogP) is 4.81. The number of benzene rings is 3. The van der Waals surface area contributed by atoms with Gasteiger partial charge in [-0.2, -0.15) is 0 Å². The zero-order chi connectivity index (χ0) is 26.0. The Hall–Kier alpha value is -3.90. The van der Waals surface area contributed by atoms with Gasteiger partial charge in [0.15, 0.2) is 0 Å². The molecule has 4 atom stereocenters. The molecule has 1 spiro atoms. The molecule has 2 aliphatic heterocycles. The SMILES string of the molecule is O=C1[C@@H]2C3=C(c4ccc(O)cc4OC34CCCC4)[C@@H](O)[C@H](c3ccccc3)[C@@H]2C(=O)N1Cc1ccccc1. The van der Waals surface area contributed by atoms with Crippen LogP contribution in [-0.4, -0.2) is 38.6 Å². The van der Waals surface area contributed by atoms with Crippen LogP contribution in [0.25, 0.3) is 5.57 Å². The summed E-state index contributed by atoms with van der Waals surface area (Å²) in [5, 5.41) is 22.4. The third-order valence-electron chi connectivity index (χ3n) is 8.90. The smallest absolute Gasteiger partial charge is 0.237 e. The van der Waals surface area contributed by atoms with E-state index in [0.29, 0.717) is 29.7 Å². The number of likely N-dealkylation sites (tertiary alicyclic amines) is 1. The van der Waals surface area contributed by atoms with Gasteiger partial charge in [-0.15, -0.1) is 0 Å². The van der Waals surface area contributed by atoms with Gasteiger partial charge in [-0.3, -0.25) is 14.5 Å². The molecule has 38 heavy (non-hydrogen) atoms. The van der Waals surface area contributed by atoms with Crippen LogP contribution in [0.2, 0.25) is 0 Å². The first-order chi connectivity index (χ1) is 18.5. The average molecular weight is 508 g/mol. The second-order valence-corrected chi connectivity index (χ2v) is 10.9. The summed E-state index contributed by atoms with van der Waals surface area (Å²) in [4.78, 5) is 29.8. The van der Waals surface area contributed by atoms with E-state index in [1.807, 2.05) is 60.7 Å². The van der Waals surface area contributed by atoms with Gasteiger partial charge < -0.3 is 14.9 Å². The number of carbonyl (C=O) groups is 2. The monoisotopic (exact) mass is 507 g/mol. The molecule has 3 aromatic rings. The lowest BCUT2D eigenvalue weighted by Crippen LogP contribution is -2.50. The van der Waals surface area contributed by atoms with Crippen LogP contribution in [-0.2, 0) is 16.1 Å². The minimum atomic E-state index is -1.01. The average Bonchev–Trinajstić information content (AvgIpc) is 3.48. The summed E-state index contributed by atoms with van der Waals surface area (Å²) in [5.74, 6) is -1.88. The van der Waals surface area contributed by atoms with Crippen LogP contribution in [0.4, 0.5) is 0 Å². The van der Waals surface area contributed by atoms with E-state index in [2.05, 4.69) is 0 Å². The maximum Gasteiger partial charge on any atom is 0.237 e. The molecule has 3 aromatic carbocycles. The molecule has 2 aliphatic carbocycles. The molecule has 1 saturated heterocycles. The highest BCUT2D eigenvalue weighted by molar-refractivity contribution is 6.09. The van der Waals surface area contributed by atoms with Crippen LogP contribution in [0.1, 0.15) is 48.3 Å². The number of nitrogens with zero attached hydrogens (tertiary/aromatic N) is 1. The molecule has 6 heteroatoms. The Morgan fingerprint density at radius 1 is 0.868 bits per heavy atom. The summed E-state index contributed by atoms with van der Waals surface area (Å²) in [5.41, 5.74) is 3.08. The summed E-state index contributed by atoms with van der Waals surface area (Å²) >= 11 is 0. The summed E-state index contributed by atoms with van der Waals surface area (Å²) in [6.07, 6.45) is 2.25. The number of amides is 2. The number of aliphatic hydroxyl groups is 1. The predicted molar refractivity (Wildman–Crippen MR) is 141 cm³/mol. The Morgan fingerprint density at radius 2 is 1.55 bits per heavy atom. The van der Waals surface area contributed by atoms with E-state index in [4.69, 9.17) is 4.74 Å². The van der Waals surface area contributed by atoms with Crippen molar-refractivity contribution in [3.05, 3.63) is 101 Å². The molecule has 0 unspecified atom stereocenters. The number of hydrogen-bond donors (Lipinski definition) is 2. The molecular weight excluding hydrogens is 478 g/mol. The molecule has 192 valence electrons. The van der Waals surface area contributed by atoms with Crippen LogP contribution in [0.15, 0.2) is 84.4 Å². The first kappa shape index (κ1) is 23.2. The first-order valence-corrected chi connectivity index (χ1v) is 13.4. The number of carbonyl (C=O) groups excluding carboxylic acids is 2. The standard InChI is InChI=1S/C32H29NO5/c34-21-13-14-22-23(17-21)38-32(15-7-8-16-32)28-25(22)29(35)24(20-11-5-2-6-12-20)26-27(28)31(37)33(30(26)36)18-19-9-3-1-4-10-19/h1-6,9-14,17,24,26-27,29,34-35H,7-8,15-16,18H2/t24-,26+,27+,29+/m1/s1. The van der Waals surface area contributed by atoms with Gasteiger partial charge in [0.05, 0.1) is 24.5 Å². The zero-order valence-electron chi connectivity index (χ0n) is 20.9. The maximum atomic E-state index is 14.3. The van der Waals surface area contributed by atoms with Crippen LogP contribution in [0.3, 0.4) is 0 Å². The highest BCUT2D eigenvalue weighted by Crippen LogP contribution is 2.61. The lowest BCUT2D eigenvalue weighted by atomic mass is 9.60. The van der Waals surface area contributed by atoms with E-state index in [1.165, 1.54) is 4.90 Å². The molecule has 6 nitrogen and oxygen atoms in total. The molecule has 2 N–H and O–H groups in total. The summed E-state index contributed by atoms with van der Waals surface area (Å²) in [7, 11) is 0. The van der Waals surface area contributed by atoms with Gasteiger partial charge in [-0.05, 0) is 60.1 Å². The number of phenols is 1. The van der Waals surface area contributed by atoms with Gasteiger partial charge >= 0.3 is 0 Å². The fourth-order valence-corrected chi connectivity index (χ4v) is 7.34. The van der Waals surface area contributed by atoms with Crippen molar-refractivity contribution in [1.82, 2.24) is 4.90 Å². The number of ether oxygens (including phenoxy) is 1. The highest BCUT2D eigenvalue weighted by atomic mass is 16.5. The number of rotatable bonds is 3. The molecular formula is C32H29NO5. The minimum Gasteiger partial charge on any atom is -0.508 e. The summed E-state index contributed by atoms with van der Waals surface area (Å²) < 4.78 is 6.65. The van der Waals surface area contributed by atoms with E-state index < -0.39 is 29.5 Å². The lowest BCUT2D eigenvalue weighted by molar-refractivity contribution is -0.140. The van der Waals surface area contributed by atoms with Gasteiger partial charge in [-0.1, -0.05) is 60.7 Å². The molecule has 2 heterocycles. The fourth-order valence-electron chi connectivity index (χ4n) is 7.34. The van der Waals surface area contributed by atoms with Crippen molar-refractivity contribution in [1.29, 1.82) is 0 Å². The quantitative estimate of drug-likeness (QED) is 0.497. The third-order valence-corrected chi connectivity index (χ3v) is 8.90. The largest absolute Gasteiger partial charge is 0.508 e. The normalized spacial score (nSPS) is 27.2. The Kier molecular flexibility index (Phi) is 5.24. The lowest BCUT2D eigenvalue weighted by Gasteiger charge is -2.48. The number of hydrogen-bond acceptors (Lipinski definition) is 5. The van der Waals surface area contributed by atoms with Gasteiger partial charge in [0.25, 0.3) is 0 Å². The highest BCUT2D eigenvalue weighted by Gasteiger charge is 2.63. The molecule has 7 rings (SSSR count). The third kappa shape index (κ3) is 3.29. The van der Waals surface area contributed by atoms with Crippen molar-refractivity contribution in [3.8, 4) is 11.5 Å². The van der Waals surface area contributed by atoms with Gasteiger partial charge in [0.2, 0.25) is 11.8 Å². The topological polar surface area (TPSA) is 87.1 Å². The number of aliphatic hydroxyl groups excluding tert-OH is 1. The molecule has 2 fully saturated rings. The number of phenolic OH excluding ortho intramolecular Hbond substituents is 1. The van der Waals surface area contributed by atoms with Crippen LogP contribution in [0, 0.1) is 11.8 Å². The first-order valence-electron chi connectivity index (χ1n) is 13.4. The molecule has 0 radical (unpaired) electrons. The minimum absolute atomic E-state index is 0.0879. The second kappa shape index (κ2) is 8.57. The molecule has 1 saturated carbocycles. The number of aromatic hydroxyl groups is 1. The Balaban J connectivity index is 1.46. The van der Waals surface area contributed by atoms with Crippen molar-refractivity contribution < 1.29 is 24.5 Å². The Labute approximate surface area is 221 Å². The fraction of sp³-hybridized carbons (Fsp3) is 0.312. The summed E-state index contributed by atoms with van der Waals surface area (Å²) in [6.45, 7) is 0.198. The molecule has 0 bridgehead atoms. The molecule has 0 aromatic heterocycles. The van der Waals surface area contributed by atoms with Crippen LogP contribution in [0.5, 0.6) is 11.5 Å². The Morgan fingerprint density at radius 3 is 2.26 bits per heavy atom. The second-order valence-electron chi connectivity index (χ2n) is 10.9. The molecule has 4 aliphatic rings. The van der Waals surface area contributed by atoms with Crippen molar-refractivity contribution in [3.63, 3.8) is 0 Å². The van der Waals surface area contributed by atoms with Crippen LogP contribution < -0.4 is 4.74 Å². The number of imide groups is 1.